The van der Waals surface area contributed by atoms with Crippen LogP contribution in [0.25, 0.3) is 0 Å². The summed E-state index contributed by atoms with van der Waals surface area (Å²) in [6, 6.07) is 0. The molecule has 1 fully saturated rings. The largest absolute Gasteiger partial charge is 0.465 e. The lowest BCUT2D eigenvalue weighted by Gasteiger charge is -2.24. The van der Waals surface area contributed by atoms with Crippen LogP contribution in [-0.2, 0) is 19.1 Å². The number of ether oxygens (including phenoxy) is 2. The zero-order chi connectivity index (χ0) is 13.8. The minimum atomic E-state index is -1.38. The Hall–Kier alpha value is -1.36. The second-order valence-corrected chi connectivity index (χ2v) is 4.40. The van der Waals surface area contributed by atoms with E-state index in [0.717, 1.165) is 0 Å². The monoisotopic (exact) mass is 256 g/mol. The molecule has 5 heteroatoms. The van der Waals surface area contributed by atoms with Crippen LogP contribution >= 0.6 is 0 Å². The number of aliphatic hydroxyl groups is 1. The number of aliphatic hydroxyl groups excluding tert-OH is 1. The summed E-state index contributed by atoms with van der Waals surface area (Å²) in [6.07, 6.45) is 1.01. The van der Waals surface area contributed by atoms with Gasteiger partial charge in [0.1, 0.15) is 0 Å². The van der Waals surface area contributed by atoms with Crippen molar-refractivity contribution in [3.05, 3.63) is 12.7 Å². The summed E-state index contributed by atoms with van der Waals surface area (Å²) in [4.78, 5) is 24.0. The van der Waals surface area contributed by atoms with Crippen molar-refractivity contribution in [3.63, 3.8) is 0 Å². The van der Waals surface area contributed by atoms with E-state index in [1.807, 2.05) is 0 Å². The molecule has 18 heavy (non-hydrogen) atoms. The van der Waals surface area contributed by atoms with Gasteiger partial charge in [-0.15, -0.1) is 6.58 Å². The fourth-order valence-electron chi connectivity index (χ4n) is 2.33. The van der Waals surface area contributed by atoms with Crippen LogP contribution in [0.1, 0.15) is 26.7 Å². The highest BCUT2D eigenvalue weighted by atomic mass is 16.6. The van der Waals surface area contributed by atoms with Crippen molar-refractivity contribution in [2.75, 3.05) is 13.2 Å². The fourth-order valence-corrected chi connectivity index (χ4v) is 2.33. The van der Waals surface area contributed by atoms with E-state index >= 15 is 0 Å². The van der Waals surface area contributed by atoms with Gasteiger partial charge in [-0.2, -0.15) is 0 Å². The van der Waals surface area contributed by atoms with Gasteiger partial charge in [0, 0.05) is 12.3 Å². The van der Waals surface area contributed by atoms with Crippen LogP contribution in [0.5, 0.6) is 0 Å². The lowest BCUT2D eigenvalue weighted by Crippen LogP contribution is -2.40. The molecule has 0 heterocycles. The Labute approximate surface area is 107 Å². The van der Waals surface area contributed by atoms with E-state index in [-0.39, 0.29) is 32.0 Å². The molecule has 0 saturated heterocycles. The first-order valence-electron chi connectivity index (χ1n) is 6.16. The van der Waals surface area contributed by atoms with Gasteiger partial charge in [0.15, 0.2) is 5.41 Å². The molecule has 1 N–H and O–H groups in total. The number of rotatable bonds is 5. The Morgan fingerprint density at radius 3 is 2.11 bits per heavy atom. The molecule has 5 nitrogen and oxygen atoms in total. The van der Waals surface area contributed by atoms with Crippen molar-refractivity contribution in [1.82, 2.24) is 0 Å². The maximum absolute atomic E-state index is 12.0. The predicted octanol–water partition coefficient (Wildman–Crippen LogP) is 1.06. The zero-order valence-electron chi connectivity index (χ0n) is 10.8. The van der Waals surface area contributed by atoms with Gasteiger partial charge in [-0.05, 0) is 20.3 Å². The highest BCUT2D eigenvalue weighted by molar-refractivity contribution is 6.00. The van der Waals surface area contributed by atoms with Crippen LogP contribution in [0.15, 0.2) is 12.7 Å². The van der Waals surface area contributed by atoms with Gasteiger partial charge < -0.3 is 14.6 Å². The molecule has 0 aromatic heterocycles. The molecule has 0 unspecified atom stereocenters. The number of carbonyl (C=O) groups is 2. The molecule has 102 valence electrons. The maximum atomic E-state index is 12.0. The number of esters is 2. The quantitative estimate of drug-likeness (QED) is 0.452. The van der Waals surface area contributed by atoms with Crippen LogP contribution in [0, 0.1) is 11.3 Å². The molecule has 0 radical (unpaired) electrons. The summed E-state index contributed by atoms with van der Waals surface area (Å²) < 4.78 is 9.91. The average Bonchev–Trinajstić information content (AvgIpc) is 2.68. The Balaban J connectivity index is 3.00. The number of hydrogen-bond acceptors (Lipinski definition) is 5. The lowest BCUT2D eigenvalue weighted by molar-refractivity contribution is -0.172. The Morgan fingerprint density at radius 1 is 1.28 bits per heavy atom. The normalized spacial score (nSPS) is 25.5. The second kappa shape index (κ2) is 6.00. The molecule has 1 aliphatic carbocycles. The van der Waals surface area contributed by atoms with E-state index in [1.165, 1.54) is 0 Å². The van der Waals surface area contributed by atoms with Gasteiger partial charge in [0.25, 0.3) is 0 Å². The Bertz CT molecular complexity index is 318. The molecular formula is C13H20O5. The molecule has 0 amide bonds. The molecule has 0 aromatic carbocycles. The van der Waals surface area contributed by atoms with Crippen molar-refractivity contribution in [1.29, 1.82) is 0 Å². The highest BCUT2D eigenvalue weighted by Gasteiger charge is 2.56. The summed E-state index contributed by atoms with van der Waals surface area (Å²) in [5.74, 6) is -1.53. The fraction of sp³-hybridized carbons (Fsp3) is 0.692. The first-order chi connectivity index (χ1) is 8.51. The van der Waals surface area contributed by atoms with Crippen LogP contribution in [0.2, 0.25) is 0 Å². The first kappa shape index (κ1) is 14.7. The van der Waals surface area contributed by atoms with Gasteiger partial charge in [-0.25, -0.2) is 0 Å². The number of hydrogen-bond donors (Lipinski definition) is 1. The minimum absolute atomic E-state index is 0.0291. The van der Waals surface area contributed by atoms with Crippen LogP contribution < -0.4 is 0 Å². The summed E-state index contributed by atoms with van der Waals surface area (Å²) in [5.41, 5.74) is -1.38. The summed E-state index contributed by atoms with van der Waals surface area (Å²) in [6.45, 7) is 7.33. The summed E-state index contributed by atoms with van der Waals surface area (Å²) in [7, 11) is 0. The summed E-state index contributed by atoms with van der Waals surface area (Å²) >= 11 is 0. The van der Waals surface area contributed by atoms with Crippen molar-refractivity contribution in [2.24, 2.45) is 11.3 Å². The molecule has 1 saturated carbocycles. The van der Waals surface area contributed by atoms with Crippen molar-refractivity contribution < 1.29 is 24.2 Å². The molecule has 0 aliphatic heterocycles. The molecular weight excluding hydrogens is 236 g/mol. The van der Waals surface area contributed by atoms with Crippen molar-refractivity contribution >= 4 is 11.9 Å². The molecule has 0 bridgehead atoms. The topological polar surface area (TPSA) is 72.8 Å². The third-order valence-electron chi connectivity index (χ3n) is 3.27. The minimum Gasteiger partial charge on any atom is -0.465 e. The molecule has 1 aliphatic rings. The van der Waals surface area contributed by atoms with E-state index in [4.69, 9.17) is 9.47 Å². The third kappa shape index (κ3) is 2.56. The molecule has 0 spiro atoms. The van der Waals surface area contributed by atoms with Crippen LogP contribution in [0.4, 0.5) is 0 Å². The van der Waals surface area contributed by atoms with Crippen molar-refractivity contribution in [3.8, 4) is 0 Å². The second-order valence-electron chi connectivity index (χ2n) is 4.40. The van der Waals surface area contributed by atoms with E-state index in [1.54, 1.807) is 19.9 Å². The Kier molecular flexibility index (Phi) is 4.90. The summed E-state index contributed by atoms with van der Waals surface area (Å²) in [5, 5.41) is 9.87. The van der Waals surface area contributed by atoms with Gasteiger partial charge in [-0.3, -0.25) is 9.59 Å². The van der Waals surface area contributed by atoms with E-state index < -0.39 is 23.5 Å². The van der Waals surface area contributed by atoms with E-state index in [2.05, 4.69) is 6.58 Å². The van der Waals surface area contributed by atoms with Gasteiger partial charge in [-0.1, -0.05) is 6.08 Å². The Morgan fingerprint density at radius 2 is 1.78 bits per heavy atom. The first-order valence-corrected chi connectivity index (χ1v) is 6.16. The van der Waals surface area contributed by atoms with Crippen LogP contribution in [0.3, 0.4) is 0 Å². The average molecular weight is 256 g/mol. The van der Waals surface area contributed by atoms with E-state index in [9.17, 15) is 14.7 Å². The van der Waals surface area contributed by atoms with Gasteiger partial charge in [0.05, 0.1) is 19.3 Å². The SMILES string of the molecule is C=C[C@H]1CC(C(=O)OCC)(C(=O)OCC)C[C@@H]1O. The predicted molar refractivity (Wildman–Crippen MR) is 64.6 cm³/mol. The third-order valence-corrected chi connectivity index (χ3v) is 3.27. The van der Waals surface area contributed by atoms with E-state index in [0.29, 0.717) is 0 Å². The van der Waals surface area contributed by atoms with Crippen molar-refractivity contribution in [2.45, 2.75) is 32.8 Å². The zero-order valence-corrected chi connectivity index (χ0v) is 10.8. The lowest BCUT2D eigenvalue weighted by atomic mass is 9.85. The standard InChI is InChI=1S/C13H20O5/c1-4-9-7-13(8-10(9)14,11(15)17-5-2)12(16)18-6-3/h4,9-10,14H,1,5-8H2,2-3H3/t9-,10-/m0/s1. The maximum Gasteiger partial charge on any atom is 0.323 e. The van der Waals surface area contributed by atoms with Crippen LogP contribution in [-0.4, -0.2) is 36.4 Å². The molecule has 0 aromatic rings. The number of carbonyl (C=O) groups excluding carboxylic acids is 2. The molecule has 1 rings (SSSR count). The molecule has 2 atom stereocenters. The smallest absolute Gasteiger partial charge is 0.323 e. The van der Waals surface area contributed by atoms with Gasteiger partial charge >= 0.3 is 11.9 Å². The highest BCUT2D eigenvalue weighted by Crippen LogP contribution is 2.44. The van der Waals surface area contributed by atoms with Gasteiger partial charge in [0.2, 0.25) is 0 Å².